The van der Waals surface area contributed by atoms with Crippen LogP contribution in [0.2, 0.25) is 0 Å². The Morgan fingerprint density at radius 3 is 2.26 bits per heavy atom. The van der Waals surface area contributed by atoms with Gasteiger partial charge in [-0.2, -0.15) is 13.2 Å². The fourth-order valence-electron chi connectivity index (χ4n) is 2.18. The lowest BCUT2D eigenvalue weighted by Gasteiger charge is -2.32. The van der Waals surface area contributed by atoms with Crippen molar-refractivity contribution >= 4 is 6.09 Å². The SMILES string of the molecule is CC(C)(C)OC(=O)N1C[C@H](CN)[C@](C)(C(F)(F)F)C1. The maximum atomic E-state index is 13.1. The van der Waals surface area contributed by atoms with Gasteiger partial charge >= 0.3 is 12.3 Å². The molecule has 112 valence electrons. The summed E-state index contributed by atoms with van der Waals surface area (Å²) in [7, 11) is 0. The van der Waals surface area contributed by atoms with Gasteiger partial charge in [0.25, 0.3) is 0 Å². The zero-order valence-electron chi connectivity index (χ0n) is 11.7. The molecule has 2 N–H and O–H groups in total. The molecule has 0 aromatic rings. The fraction of sp³-hybridized carbons (Fsp3) is 0.917. The van der Waals surface area contributed by atoms with Crippen molar-refractivity contribution in [1.29, 1.82) is 0 Å². The molecule has 1 aliphatic rings. The van der Waals surface area contributed by atoms with E-state index in [-0.39, 0.29) is 13.1 Å². The number of halogens is 3. The molecule has 0 bridgehead atoms. The van der Waals surface area contributed by atoms with E-state index in [4.69, 9.17) is 10.5 Å². The van der Waals surface area contributed by atoms with Crippen LogP contribution in [0.1, 0.15) is 27.7 Å². The van der Waals surface area contributed by atoms with Gasteiger partial charge in [0.15, 0.2) is 0 Å². The van der Waals surface area contributed by atoms with E-state index in [0.29, 0.717) is 0 Å². The Morgan fingerprint density at radius 1 is 1.42 bits per heavy atom. The number of carbonyl (C=O) groups excluding carboxylic acids is 1. The summed E-state index contributed by atoms with van der Waals surface area (Å²) in [5.74, 6) is -0.806. The Kier molecular flexibility index (Phi) is 4.10. The predicted molar refractivity (Wildman–Crippen MR) is 64.5 cm³/mol. The lowest BCUT2D eigenvalue weighted by molar-refractivity contribution is -0.224. The van der Waals surface area contributed by atoms with Crippen molar-refractivity contribution in [1.82, 2.24) is 4.90 Å². The smallest absolute Gasteiger partial charge is 0.410 e. The third-order valence-electron chi connectivity index (χ3n) is 3.44. The van der Waals surface area contributed by atoms with Crippen LogP contribution in [0.5, 0.6) is 0 Å². The fourth-order valence-corrected chi connectivity index (χ4v) is 2.18. The largest absolute Gasteiger partial charge is 0.444 e. The molecule has 7 heteroatoms. The number of hydrogen-bond donors (Lipinski definition) is 1. The Bertz CT molecular complexity index is 352. The van der Waals surface area contributed by atoms with Crippen molar-refractivity contribution < 1.29 is 22.7 Å². The lowest BCUT2D eigenvalue weighted by atomic mass is 9.79. The van der Waals surface area contributed by atoms with E-state index >= 15 is 0 Å². The highest BCUT2D eigenvalue weighted by molar-refractivity contribution is 5.68. The second-order valence-electron chi connectivity index (χ2n) is 6.21. The third-order valence-corrected chi connectivity index (χ3v) is 3.44. The van der Waals surface area contributed by atoms with Crippen LogP contribution in [0, 0.1) is 11.3 Å². The quantitative estimate of drug-likeness (QED) is 0.803. The molecule has 0 aromatic heterocycles. The van der Waals surface area contributed by atoms with Crippen LogP contribution >= 0.6 is 0 Å². The van der Waals surface area contributed by atoms with E-state index in [9.17, 15) is 18.0 Å². The van der Waals surface area contributed by atoms with E-state index in [1.807, 2.05) is 0 Å². The normalized spacial score (nSPS) is 28.6. The Balaban J connectivity index is 2.86. The molecular formula is C12H21F3N2O2. The minimum absolute atomic E-state index is 0.0264. The summed E-state index contributed by atoms with van der Waals surface area (Å²) in [5, 5.41) is 0. The summed E-state index contributed by atoms with van der Waals surface area (Å²) in [6, 6.07) is 0. The number of hydrogen-bond acceptors (Lipinski definition) is 3. The molecule has 2 atom stereocenters. The zero-order chi connectivity index (χ0) is 15.1. The topological polar surface area (TPSA) is 55.6 Å². The molecule has 0 aliphatic carbocycles. The molecule has 1 fully saturated rings. The second kappa shape index (κ2) is 4.85. The maximum absolute atomic E-state index is 13.1. The Labute approximate surface area is 111 Å². The molecule has 1 heterocycles. The van der Waals surface area contributed by atoms with Gasteiger partial charge in [0.1, 0.15) is 5.60 Å². The number of likely N-dealkylation sites (tertiary alicyclic amines) is 1. The first-order chi connectivity index (χ1) is 8.40. The summed E-state index contributed by atoms with van der Waals surface area (Å²) in [6.07, 6.45) is -5.12. The first-order valence-corrected chi connectivity index (χ1v) is 6.15. The number of rotatable bonds is 1. The highest BCUT2D eigenvalue weighted by Crippen LogP contribution is 2.48. The molecule has 1 rings (SSSR count). The predicted octanol–water partition coefficient (Wildman–Crippen LogP) is 2.38. The standard InChI is InChI=1S/C12H21F3N2O2/c1-10(2,3)19-9(18)17-6-8(5-16)11(4,7-17)12(13,14)15/h8H,5-7,16H2,1-4H3/t8-,11+/m0/s1. The van der Waals surface area contributed by atoms with E-state index in [2.05, 4.69) is 0 Å². The highest BCUT2D eigenvalue weighted by atomic mass is 19.4. The van der Waals surface area contributed by atoms with Gasteiger partial charge in [-0.3, -0.25) is 0 Å². The molecule has 1 saturated heterocycles. The average molecular weight is 282 g/mol. The number of carbonyl (C=O) groups is 1. The molecule has 0 aromatic carbocycles. The lowest BCUT2D eigenvalue weighted by Crippen LogP contribution is -2.45. The third kappa shape index (κ3) is 3.32. The van der Waals surface area contributed by atoms with Crippen molar-refractivity contribution in [3.05, 3.63) is 0 Å². The van der Waals surface area contributed by atoms with Crippen LogP contribution in [-0.2, 0) is 4.74 Å². The van der Waals surface area contributed by atoms with Crippen molar-refractivity contribution in [2.45, 2.75) is 39.5 Å². The van der Waals surface area contributed by atoms with Crippen LogP contribution in [-0.4, -0.2) is 42.4 Å². The van der Waals surface area contributed by atoms with Crippen LogP contribution in [0.3, 0.4) is 0 Å². The summed E-state index contributed by atoms with van der Waals surface area (Å²) < 4.78 is 44.5. The Hall–Kier alpha value is -0.980. The molecule has 0 saturated carbocycles. The molecular weight excluding hydrogens is 261 g/mol. The minimum atomic E-state index is -4.40. The Morgan fingerprint density at radius 2 is 1.95 bits per heavy atom. The van der Waals surface area contributed by atoms with Crippen LogP contribution in [0.15, 0.2) is 0 Å². The molecule has 0 radical (unpaired) electrons. The number of ether oxygens (including phenoxy) is 1. The maximum Gasteiger partial charge on any atom is 0.410 e. The van der Waals surface area contributed by atoms with Gasteiger partial charge < -0.3 is 15.4 Å². The monoisotopic (exact) mass is 282 g/mol. The number of amides is 1. The van der Waals surface area contributed by atoms with Crippen LogP contribution < -0.4 is 5.73 Å². The van der Waals surface area contributed by atoms with Gasteiger partial charge in [-0.1, -0.05) is 0 Å². The van der Waals surface area contributed by atoms with E-state index in [0.717, 1.165) is 11.8 Å². The second-order valence-corrected chi connectivity index (χ2v) is 6.21. The van der Waals surface area contributed by atoms with Crippen molar-refractivity contribution in [3.63, 3.8) is 0 Å². The number of nitrogens with two attached hydrogens (primary N) is 1. The molecule has 1 amide bonds. The van der Waals surface area contributed by atoms with Gasteiger partial charge in [0.05, 0.1) is 5.41 Å². The first kappa shape index (κ1) is 16.1. The number of alkyl halides is 3. The van der Waals surface area contributed by atoms with E-state index in [1.54, 1.807) is 20.8 Å². The van der Waals surface area contributed by atoms with Crippen molar-refractivity contribution in [2.24, 2.45) is 17.1 Å². The first-order valence-electron chi connectivity index (χ1n) is 6.15. The van der Waals surface area contributed by atoms with Gasteiger partial charge in [0.2, 0.25) is 0 Å². The van der Waals surface area contributed by atoms with Crippen LogP contribution in [0.4, 0.5) is 18.0 Å². The van der Waals surface area contributed by atoms with Gasteiger partial charge in [-0.15, -0.1) is 0 Å². The van der Waals surface area contributed by atoms with Gasteiger partial charge in [0, 0.05) is 19.0 Å². The minimum Gasteiger partial charge on any atom is -0.444 e. The summed E-state index contributed by atoms with van der Waals surface area (Å²) in [6.45, 7) is 5.57. The molecule has 0 spiro atoms. The molecule has 19 heavy (non-hydrogen) atoms. The van der Waals surface area contributed by atoms with Crippen LogP contribution in [0.25, 0.3) is 0 Å². The van der Waals surface area contributed by atoms with Gasteiger partial charge in [-0.25, -0.2) is 4.79 Å². The zero-order valence-corrected chi connectivity index (χ0v) is 11.7. The van der Waals surface area contributed by atoms with Crippen molar-refractivity contribution in [3.8, 4) is 0 Å². The summed E-state index contributed by atoms with van der Waals surface area (Å²) >= 11 is 0. The molecule has 0 unspecified atom stereocenters. The van der Waals surface area contributed by atoms with E-state index < -0.39 is 35.7 Å². The van der Waals surface area contributed by atoms with Gasteiger partial charge in [-0.05, 0) is 34.2 Å². The summed E-state index contributed by atoms with van der Waals surface area (Å²) in [4.78, 5) is 12.9. The number of nitrogens with zero attached hydrogens (tertiary/aromatic N) is 1. The van der Waals surface area contributed by atoms with Crippen molar-refractivity contribution in [2.75, 3.05) is 19.6 Å². The highest BCUT2D eigenvalue weighted by Gasteiger charge is 2.60. The average Bonchev–Trinajstić information content (AvgIpc) is 2.53. The van der Waals surface area contributed by atoms with E-state index in [1.165, 1.54) is 0 Å². The molecule has 4 nitrogen and oxygen atoms in total. The molecule has 1 aliphatic heterocycles. The summed E-state index contributed by atoms with van der Waals surface area (Å²) in [5.41, 5.74) is 2.71.